The van der Waals surface area contributed by atoms with E-state index in [9.17, 15) is 20.1 Å². The first-order valence-electron chi connectivity index (χ1n) is 15.2. The fourth-order valence-corrected chi connectivity index (χ4v) is 6.86. The van der Waals surface area contributed by atoms with Gasteiger partial charge >= 0.3 is 0 Å². The number of hydrogen-bond acceptors (Lipinski definition) is 7. The third-order valence-corrected chi connectivity index (χ3v) is 9.38. The van der Waals surface area contributed by atoms with Crippen LogP contribution in [0.3, 0.4) is 0 Å². The van der Waals surface area contributed by atoms with E-state index in [1.165, 1.54) is 11.6 Å². The van der Waals surface area contributed by atoms with Gasteiger partial charge in [0.05, 0.1) is 30.5 Å². The fraction of sp³-hybridized carbons (Fsp3) is 0.788. The van der Waals surface area contributed by atoms with Crippen molar-refractivity contribution in [1.82, 2.24) is 0 Å². The van der Waals surface area contributed by atoms with Gasteiger partial charge in [0, 0.05) is 37.2 Å². The summed E-state index contributed by atoms with van der Waals surface area (Å²) in [6.07, 6.45) is 9.10. The molecule has 0 bridgehead atoms. The summed E-state index contributed by atoms with van der Waals surface area (Å²) in [5.74, 6) is -1.88. The van der Waals surface area contributed by atoms with E-state index in [0.29, 0.717) is 19.1 Å². The average Bonchev–Trinajstić information content (AvgIpc) is 2.92. The minimum Gasteiger partial charge on any atom is -0.392 e. The van der Waals surface area contributed by atoms with E-state index >= 15 is 0 Å². The van der Waals surface area contributed by atoms with Crippen LogP contribution in [-0.2, 0) is 19.0 Å². The highest BCUT2D eigenvalue weighted by Gasteiger charge is 2.57. The minimum absolute atomic E-state index is 0.00447. The summed E-state index contributed by atoms with van der Waals surface area (Å²) in [5.41, 5.74) is 1.27. The monoisotopic (exact) mass is 564 g/mol. The molecule has 0 aromatic carbocycles. The summed E-state index contributed by atoms with van der Waals surface area (Å²) in [6.45, 7) is 16.3. The van der Waals surface area contributed by atoms with Crippen molar-refractivity contribution in [2.75, 3.05) is 7.11 Å². The second-order valence-corrected chi connectivity index (χ2v) is 12.6. The van der Waals surface area contributed by atoms with Gasteiger partial charge in [-0.3, -0.25) is 4.79 Å². The van der Waals surface area contributed by atoms with Crippen LogP contribution < -0.4 is 0 Å². The van der Waals surface area contributed by atoms with Crippen LogP contribution >= 0.6 is 0 Å². The molecular formula is C33H56O7. The van der Waals surface area contributed by atoms with Gasteiger partial charge in [0.2, 0.25) is 0 Å². The number of aliphatic hydroxyl groups excluding tert-OH is 3. The molecule has 0 unspecified atom stereocenters. The predicted octanol–water partition coefficient (Wildman–Crippen LogP) is 5.23. The van der Waals surface area contributed by atoms with Crippen LogP contribution in [0.2, 0.25) is 0 Å². The molecule has 0 saturated carbocycles. The Morgan fingerprint density at radius 1 is 1.02 bits per heavy atom. The van der Waals surface area contributed by atoms with Crippen molar-refractivity contribution in [3.63, 3.8) is 0 Å². The molecule has 40 heavy (non-hydrogen) atoms. The Morgan fingerprint density at radius 2 is 1.65 bits per heavy atom. The van der Waals surface area contributed by atoms with E-state index in [4.69, 9.17) is 14.2 Å². The number of rotatable bonds is 13. The van der Waals surface area contributed by atoms with Crippen LogP contribution in [0, 0.1) is 35.5 Å². The van der Waals surface area contributed by atoms with Gasteiger partial charge in [0.1, 0.15) is 12.4 Å². The van der Waals surface area contributed by atoms with Crippen LogP contribution in [0.1, 0.15) is 81.1 Å². The van der Waals surface area contributed by atoms with Crippen LogP contribution in [0.25, 0.3) is 0 Å². The van der Waals surface area contributed by atoms with Crippen LogP contribution in [0.15, 0.2) is 36.0 Å². The van der Waals surface area contributed by atoms with E-state index in [2.05, 4.69) is 33.8 Å². The number of methoxy groups -OCH3 is 1. The van der Waals surface area contributed by atoms with Gasteiger partial charge in [-0.15, -0.1) is 0 Å². The van der Waals surface area contributed by atoms with Gasteiger partial charge in [-0.05, 0) is 44.1 Å². The van der Waals surface area contributed by atoms with Gasteiger partial charge < -0.3 is 29.5 Å². The normalized spacial score (nSPS) is 36.5. The molecule has 2 rings (SSSR count). The number of carbonyl (C=O) groups is 1. The summed E-state index contributed by atoms with van der Waals surface area (Å²) in [4.78, 5) is 10.5. The lowest BCUT2D eigenvalue weighted by atomic mass is 9.74. The van der Waals surface area contributed by atoms with E-state index < -0.39 is 24.1 Å². The molecule has 13 atom stereocenters. The number of carbonyl (C=O) groups excluding carboxylic acids is 1. The Balaban J connectivity index is 2.30. The molecule has 2 aliphatic heterocycles. The largest absolute Gasteiger partial charge is 0.392 e. The maximum Gasteiger partial charge on any atom is 0.197 e. The summed E-state index contributed by atoms with van der Waals surface area (Å²) in [7, 11) is 1.68. The number of aliphatic hydroxyl groups is 3. The van der Waals surface area contributed by atoms with Crippen molar-refractivity contribution in [3.05, 3.63) is 36.0 Å². The molecule has 0 aliphatic carbocycles. The highest BCUT2D eigenvalue weighted by molar-refractivity contribution is 5.65. The summed E-state index contributed by atoms with van der Waals surface area (Å²) in [5, 5.41) is 34.0. The van der Waals surface area contributed by atoms with Gasteiger partial charge in [-0.25, -0.2) is 0 Å². The Labute approximate surface area is 242 Å². The number of allylic oxidation sites excluding steroid dienone is 5. The molecule has 0 aromatic rings. The Kier molecular flexibility index (Phi) is 13.7. The molecule has 2 aliphatic rings. The molecule has 2 saturated heterocycles. The first kappa shape index (κ1) is 34.8. The van der Waals surface area contributed by atoms with Crippen molar-refractivity contribution in [1.29, 1.82) is 0 Å². The first-order valence-corrected chi connectivity index (χ1v) is 15.2. The summed E-state index contributed by atoms with van der Waals surface area (Å²) in [6, 6.07) is 0. The molecule has 3 N–H and O–H groups in total. The van der Waals surface area contributed by atoms with Crippen LogP contribution in [-0.4, -0.2) is 71.1 Å². The van der Waals surface area contributed by atoms with Crippen molar-refractivity contribution >= 4 is 6.29 Å². The minimum atomic E-state index is -1.29. The molecular weight excluding hydrogens is 508 g/mol. The third kappa shape index (κ3) is 8.36. The molecule has 2 heterocycles. The fourth-order valence-electron chi connectivity index (χ4n) is 6.86. The maximum atomic E-state index is 11.4. The quantitative estimate of drug-likeness (QED) is 0.122. The molecule has 0 amide bonds. The zero-order chi connectivity index (χ0) is 30.2. The highest BCUT2D eigenvalue weighted by Crippen LogP contribution is 2.47. The molecule has 7 heteroatoms. The van der Waals surface area contributed by atoms with Crippen LogP contribution in [0.4, 0.5) is 0 Å². The van der Waals surface area contributed by atoms with Gasteiger partial charge in [0.25, 0.3) is 0 Å². The van der Waals surface area contributed by atoms with Crippen molar-refractivity contribution in [2.24, 2.45) is 35.5 Å². The van der Waals surface area contributed by atoms with E-state index in [-0.39, 0.29) is 53.8 Å². The smallest absolute Gasteiger partial charge is 0.197 e. The lowest BCUT2D eigenvalue weighted by Crippen LogP contribution is -2.65. The Hall–Kier alpha value is -1.35. The molecule has 230 valence electrons. The van der Waals surface area contributed by atoms with Crippen molar-refractivity contribution < 1.29 is 34.3 Å². The number of aldehydes is 1. The number of ether oxygens (including phenoxy) is 3. The SMILES string of the molecule is CC/C=C(\C)C[C@@H](C)[C@@H](O)[C@@H](C)[C@H]1O[C@@]2(C[C@@H](OC)[C@H]1C)O[C@H]([C@H](C)[C@@H](O)[C@H](C)/C=C\C=C\C=O)[C@@H](C)C[C@@H]2O. The van der Waals surface area contributed by atoms with E-state index in [1.807, 2.05) is 33.8 Å². The van der Waals surface area contributed by atoms with E-state index in [1.54, 1.807) is 19.3 Å². The molecule has 2 fully saturated rings. The van der Waals surface area contributed by atoms with Gasteiger partial charge in [0.15, 0.2) is 5.79 Å². The predicted molar refractivity (Wildman–Crippen MR) is 159 cm³/mol. The van der Waals surface area contributed by atoms with Crippen LogP contribution in [0.5, 0.6) is 0 Å². The van der Waals surface area contributed by atoms with Crippen molar-refractivity contribution in [3.8, 4) is 0 Å². The second-order valence-electron chi connectivity index (χ2n) is 12.6. The lowest BCUT2D eigenvalue weighted by molar-refractivity contribution is -0.391. The standard InChI is InChI=1S/C33H56O7/c1-10-14-20(2)17-22(4)30(37)26(8)32-24(6)27(38-9)19-33(40-32)28(35)18-23(5)31(39-33)25(7)29(36)21(3)15-12-11-13-16-34/h11-16,21-32,35-37H,10,17-19H2,1-9H3/b13-11+,15-12-,20-14+/t21-,22-,23+,24-,25-,26-,27-,28+,29+,30-,31+,32+,33-/m1/s1. The van der Waals surface area contributed by atoms with Gasteiger partial charge in [-0.1, -0.05) is 78.3 Å². The second kappa shape index (κ2) is 15.8. The highest BCUT2D eigenvalue weighted by atomic mass is 16.7. The molecule has 7 nitrogen and oxygen atoms in total. The Bertz CT molecular complexity index is 869. The lowest BCUT2D eigenvalue weighted by Gasteiger charge is -2.56. The summed E-state index contributed by atoms with van der Waals surface area (Å²) >= 11 is 0. The maximum absolute atomic E-state index is 11.4. The third-order valence-electron chi connectivity index (χ3n) is 9.38. The Morgan fingerprint density at radius 3 is 2.25 bits per heavy atom. The van der Waals surface area contributed by atoms with E-state index in [0.717, 1.165) is 12.8 Å². The zero-order valence-corrected chi connectivity index (χ0v) is 26.2. The van der Waals surface area contributed by atoms with Gasteiger partial charge in [-0.2, -0.15) is 0 Å². The zero-order valence-electron chi connectivity index (χ0n) is 26.2. The molecule has 1 spiro atoms. The topological polar surface area (TPSA) is 105 Å². The summed E-state index contributed by atoms with van der Waals surface area (Å²) < 4.78 is 19.4. The van der Waals surface area contributed by atoms with Crippen molar-refractivity contribution in [2.45, 2.75) is 123 Å². The number of hydrogen-bond donors (Lipinski definition) is 3. The average molecular weight is 565 g/mol. The molecule has 0 radical (unpaired) electrons. The molecule has 0 aromatic heterocycles. The first-order chi connectivity index (χ1) is 18.8.